The summed E-state index contributed by atoms with van der Waals surface area (Å²) in [7, 11) is 0. The molecule has 0 unspecified atom stereocenters. The predicted octanol–water partition coefficient (Wildman–Crippen LogP) is 3.45. The van der Waals surface area contributed by atoms with Crippen LogP contribution < -0.4 is 5.32 Å². The van der Waals surface area contributed by atoms with Gasteiger partial charge in [-0.1, -0.05) is 23.8 Å². The van der Waals surface area contributed by atoms with Gasteiger partial charge < -0.3 is 10.2 Å². The van der Waals surface area contributed by atoms with Gasteiger partial charge in [0.2, 0.25) is 0 Å². The highest BCUT2D eigenvalue weighted by molar-refractivity contribution is 5.89. The lowest BCUT2D eigenvalue weighted by Crippen LogP contribution is -2.40. The van der Waals surface area contributed by atoms with E-state index in [0.29, 0.717) is 5.92 Å². The number of piperidine rings is 1. The third-order valence-corrected chi connectivity index (χ3v) is 4.79. The first-order valence-electron chi connectivity index (χ1n) is 8.63. The zero-order valence-electron chi connectivity index (χ0n) is 14.2. The molecule has 4 rings (SSSR count). The summed E-state index contributed by atoms with van der Waals surface area (Å²) in [4.78, 5) is 14.3. The van der Waals surface area contributed by atoms with Crippen LogP contribution in [0, 0.1) is 6.92 Å². The van der Waals surface area contributed by atoms with Crippen molar-refractivity contribution in [2.24, 2.45) is 0 Å². The highest BCUT2D eigenvalue weighted by Crippen LogP contribution is 2.27. The number of carbonyl (C=O) groups is 1. The molecular weight excluding hydrogens is 314 g/mol. The molecule has 0 radical (unpaired) electrons. The second-order valence-corrected chi connectivity index (χ2v) is 6.54. The summed E-state index contributed by atoms with van der Waals surface area (Å²) in [5, 5.41) is 11.6. The van der Waals surface area contributed by atoms with Crippen LogP contribution in [0.1, 0.15) is 30.1 Å². The zero-order chi connectivity index (χ0) is 17.2. The Morgan fingerprint density at radius 1 is 1.08 bits per heavy atom. The van der Waals surface area contributed by atoms with Crippen molar-refractivity contribution < 1.29 is 4.79 Å². The number of aryl methyl sites for hydroxylation is 1. The van der Waals surface area contributed by atoms with Gasteiger partial charge in [0.05, 0.1) is 0 Å². The van der Waals surface area contributed by atoms with Crippen molar-refractivity contribution in [2.75, 3.05) is 18.4 Å². The molecule has 0 spiro atoms. The number of hydrogen-bond acceptors (Lipinski definition) is 3. The summed E-state index contributed by atoms with van der Waals surface area (Å²) in [6.07, 6.45) is 3.80. The van der Waals surface area contributed by atoms with E-state index in [9.17, 15) is 4.79 Å². The highest BCUT2D eigenvalue weighted by Gasteiger charge is 2.26. The fourth-order valence-electron chi connectivity index (χ4n) is 3.32. The fourth-order valence-corrected chi connectivity index (χ4v) is 3.32. The SMILES string of the molecule is Cc1ccc(NC(=O)N2CCC(c3nnc4ccccn34)CC2)cc1. The number of urea groups is 1. The molecule has 1 aliphatic heterocycles. The second kappa shape index (κ2) is 6.55. The molecule has 1 aromatic carbocycles. The summed E-state index contributed by atoms with van der Waals surface area (Å²) >= 11 is 0. The number of amides is 2. The Morgan fingerprint density at radius 2 is 1.84 bits per heavy atom. The Morgan fingerprint density at radius 3 is 2.60 bits per heavy atom. The molecule has 0 saturated carbocycles. The molecule has 1 fully saturated rings. The van der Waals surface area contributed by atoms with Crippen molar-refractivity contribution in [3.8, 4) is 0 Å². The summed E-state index contributed by atoms with van der Waals surface area (Å²) in [6, 6.07) is 13.7. The molecule has 3 aromatic rings. The van der Waals surface area contributed by atoms with Crippen LogP contribution >= 0.6 is 0 Å². The normalized spacial score (nSPS) is 15.5. The van der Waals surface area contributed by atoms with Crippen LogP contribution in [0.4, 0.5) is 10.5 Å². The van der Waals surface area contributed by atoms with E-state index < -0.39 is 0 Å². The number of nitrogens with one attached hydrogen (secondary N) is 1. The van der Waals surface area contributed by atoms with E-state index in [1.807, 2.05) is 64.9 Å². The van der Waals surface area contributed by atoms with Gasteiger partial charge in [-0.3, -0.25) is 4.40 Å². The number of nitrogens with zero attached hydrogens (tertiary/aromatic N) is 4. The van der Waals surface area contributed by atoms with Gasteiger partial charge in [0.15, 0.2) is 5.65 Å². The maximum absolute atomic E-state index is 12.4. The van der Waals surface area contributed by atoms with Crippen LogP contribution in [0.25, 0.3) is 5.65 Å². The smallest absolute Gasteiger partial charge is 0.321 e. The van der Waals surface area contributed by atoms with E-state index in [0.717, 1.165) is 43.1 Å². The first-order chi connectivity index (χ1) is 12.2. The number of benzene rings is 1. The summed E-state index contributed by atoms with van der Waals surface area (Å²) in [5.41, 5.74) is 2.89. The third kappa shape index (κ3) is 3.20. The Bertz CT molecular complexity index is 878. The summed E-state index contributed by atoms with van der Waals surface area (Å²) in [5.74, 6) is 1.33. The predicted molar refractivity (Wildman–Crippen MR) is 96.7 cm³/mol. The lowest BCUT2D eigenvalue weighted by atomic mass is 9.96. The number of pyridine rings is 1. The maximum Gasteiger partial charge on any atom is 0.321 e. The first kappa shape index (κ1) is 15.6. The quantitative estimate of drug-likeness (QED) is 0.780. The van der Waals surface area contributed by atoms with Crippen molar-refractivity contribution in [1.29, 1.82) is 0 Å². The number of aromatic nitrogens is 3. The van der Waals surface area contributed by atoms with Crippen molar-refractivity contribution in [3.05, 3.63) is 60.0 Å². The van der Waals surface area contributed by atoms with Gasteiger partial charge in [-0.05, 0) is 44.0 Å². The van der Waals surface area contributed by atoms with Gasteiger partial charge in [0.1, 0.15) is 5.82 Å². The van der Waals surface area contributed by atoms with Crippen molar-refractivity contribution in [1.82, 2.24) is 19.5 Å². The van der Waals surface area contributed by atoms with E-state index in [4.69, 9.17) is 0 Å². The fraction of sp³-hybridized carbons (Fsp3) is 0.316. The molecule has 128 valence electrons. The Hall–Kier alpha value is -2.89. The number of carbonyl (C=O) groups excluding carboxylic acids is 1. The van der Waals surface area contributed by atoms with E-state index in [2.05, 4.69) is 15.5 Å². The Balaban J connectivity index is 1.39. The van der Waals surface area contributed by atoms with Crippen LogP contribution in [0.3, 0.4) is 0 Å². The third-order valence-electron chi connectivity index (χ3n) is 4.79. The molecule has 0 bridgehead atoms. The van der Waals surface area contributed by atoms with Crippen LogP contribution in [0.15, 0.2) is 48.7 Å². The van der Waals surface area contributed by atoms with E-state index in [1.165, 1.54) is 5.56 Å². The first-order valence-corrected chi connectivity index (χ1v) is 8.63. The average Bonchev–Trinajstić information content (AvgIpc) is 3.08. The number of hydrogen-bond donors (Lipinski definition) is 1. The Kier molecular flexibility index (Phi) is 4.09. The largest absolute Gasteiger partial charge is 0.324 e. The van der Waals surface area contributed by atoms with E-state index in [1.54, 1.807) is 0 Å². The molecule has 2 amide bonds. The maximum atomic E-state index is 12.4. The molecule has 6 heteroatoms. The van der Waals surface area contributed by atoms with Crippen molar-refractivity contribution in [2.45, 2.75) is 25.7 Å². The molecule has 3 heterocycles. The summed E-state index contributed by atoms with van der Waals surface area (Å²) in [6.45, 7) is 3.48. The highest BCUT2D eigenvalue weighted by atomic mass is 16.2. The minimum absolute atomic E-state index is 0.0339. The van der Waals surface area contributed by atoms with Gasteiger partial charge in [0, 0.05) is 30.9 Å². The number of fused-ring (bicyclic) bond motifs is 1. The van der Waals surface area contributed by atoms with Gasteiger partial charge in [0.25, 0.3) is 0 Å². The monoisotopic (exact) mass is 335 g/mol. The molecule has 1 saturated heterocycles. The van der Waals surface area contributed by atoms with Gasteiger partial charge in [-0.25, -0.2) is 4.79 Å². The van der Waals surface area contributed by atoms with Crippen LogP contribution in [0.5, 0.6) is 0 Å². The summed E-state index contributed by atoms with van der Waals surface area (Å²) < 4.78 is 2.05. The molecule has 0 atom stereocenters. The minimum atomic E-state index is -0.0339. The molecule has 0 aliphatic carbocycles. The van der Waals surface area contributed by atoms with Crippen LogP contribution in [-0.4, -0.2) is 38.6 Å². The van der Waals surface area contributed by atoms with Crippen molar-refractivity contribution >= 4 is 17.4 Å². The van der Waals surface area contributed by atoms with Crippen LogP contribution in [-0.2, 0) is 0 Å². The topological polar surface area (TPSA) is 62.5 Å². The second-order valence-electron chi connectivity index (χ2n) is 6.54. The van der Waals surface area contributed by atoms with Crippen LogP contribution in [0.2, 0.25) is 0 Å². The molecule has 1 aliphatic rings. The van der Waals surface area contributed by atoms with E-state index >= 15 is 0 Å². The van der Waals surface area contributed by atoms with E-state index in [-0.39, 0.29) is 6.03 Å². The molecule has 1 N–H and O–H groups in total. The molecule has 25 heavy (non-hydrogen) atoms. The molecule has 6 nitrogen and oxygen atoms in total. The zero-order valence-corrected chi connectivity index (χ0v) is 14.2. The number of rotatable bonds is 2. The molecular formula is C19H21N5O. The van der Waals surface area contributed by atoms with Crippen molar-refractivity contribution in [3.63, 3.8) is 0 Å². The van der Waals surface area contributed by atoms with Gasteiger partial charge in [-0.15, -0.1) is 10.2 Å². The standard InChI is InChI=1S/C19H21N5O/c1-14-5-7-16(8-6-14)20-19(25)23-12-9-15(10-13-23)18-22-21-17-4-2-3-11-24(17)18/h2-8,11,15H,9-10,12-13H2,1H3,(H,20,25). The average molecular weight is 335 g/mol. The van der Waals surface area contributed by atoms with Gasteiger partial charge >= 0.3 is 6.03 Å². The lowest BCUT2D eigenvalue weighted by Gasteiger charge is -2.31. The lowest BCUT2D eigenvalue weighted by molar-refractivity contribution is 0.193. The number of likely N-dealkylation sites (tertiary alicyclic amines) is 1. The number of anilines is 1. The minimum Gasteiger partial charge on any atom is -0.324 e. The van der Waals surface area contributed by atoms with Gasteiger partial charge in [-0.2, -0.15) is 0 Å². The Labute approximate surface area is 146 Å². The molecule has 2 aromatic heterocycles.